The standard InChI is InChI=1S/C11H14ClNO2/c1-2-11(15)13-6-8-3-4-10(12)9(5-8)7-14/h3-5,14H,2,6-7H2,1H3,(H,13,15). The quantitative estimate of drug-likeness (QED) is 0.825. The van der Waals surface area contributed by atoms with Crippen molar-refractivity contribution in [2.45, 2.75) is 26.5 Å². The van der Waals surface area contributed by atoms with Crippen LogP contribution < -0.4 is 5.32 Å². The first-order valence-electron chi connectivity index (χ1n) is 4.82. The van der Waals surface area contributed by atoms with Crippen molar-refractivity contribution in [3.8, 4) is 0 Å². The van der Waals surface area contributed by atoms with Crippen LogP contribution in [0.25, 0.3) is 0 Å². The van der Waals surface area contributed by atoms with Gasteiger partial charge in [0.05, 0.1) is 6.61 Å². The summed E-state index contributed by atoms with van der Waals surface area (Å²) in [6.45, 7) is 2.18. The molecule has 0 aromatic heterocycles. The molecule has 0 fully saturated rings. The lowest BCUT2D eigenvalue weighted by Crippen LogP contribution is -2.21. The van der Waals surface area contributed by atoms with Gasteiger partial charge in [0.25, 0.3) is 0 Å². The van der Waals surface area contributed by atoms with Crippen molar-refractivity contribution in [2.24, 2.45) is 0 Å². The van der Waals surface area contributed by atoms with E-state index in [1.54, 1.807) is 19.1 Å². The van der Waals surface area contributed by atoms with Crippen LogP contribution in [0.5, 0.6) is 0 Å². The molecule has 0 aliphatic carbocycles. The summed E-state index contributed by atoms with van der Waals surface area (Å²) in [5, 5.41) is 12.3. The van der Waals surface area contributed by atoms with Gasteiger partial charge in [0.15, 0.2) is 0 Å². The largest absolute Gasteiger partial charge is 0.392 e. The van der Waals surface area contributed by atoms with Gasteiger partial charge < -0.3 is 10.4 Å². The topological polar surface area (TPSA) is 49.3 Å². The van der Waals surface area contributed by atoms with Gasteiger partial charge in [-0.25, -0.2) is 0 Å². The van der Waals surface area contributed by atoms with Crippen molar-refractivity contribution in [3.05, 3.63) is 34.3 Å². The lowest BCUT2D eigenvalue weighted by atomic mass is 10.1. The number of halogens is 1. The number of aliphatic hydroxyl groups excluding tert-OH is 1. The van der Waals surface area contributed by atoms with Crippen LogP contribution in [0.15, 0.2) is 18.2 Å². The molecule has 82 valence electrons. The minimum absolute atomic E-state index is 0.00972. The predicted octanol–water partition coefficient (Wildman–Crippen LogP) is 1.86. The summed E-state index contributed by atoms with van der Waals surface area (Å²) in [5.41, 5.74) is 1.62. The normalized spacial score (nSPS) is 10.1. The average Bonchev–Trinajstić information content (AvgIpc) is 2.27. The highest BCUT2D eigenvalue weighted by atomic mass is 35.5. The van der Waals surface area contributed by atoms with E-state index in [1.807, 2.05) is 6.07 Å². The fourth-order valence-electron chi connectivity index (χ4n) is 1.18. The molecule has 0 radical (unpaired) electrons. The van der Waals surface area contributed by atoms with Gasteiger partial charge in [-0.15, -0.1) is 0 Å². The molecule has 3 nitrogen and oxygen atoms in total. The van der Waals surface area contributed by atoms with Crippen LogP contribution in [0.3, 0.4) is 0 Å². The number of carbonyl (C=O) groups is 1. The van der Waals surface area contributed by atoms with Gasteiger partial charge in [0, 0.05) is 18.0 Å². The number of carbonyl (C=O) groups excluding carboxylic acids is 1. The van der Waals surface area contributed by atoms with Gasteiger partial charge >= 0.3 is 0 Å². The van der Waals surface area contributed by atoms with Gasteiger partial charge in [-0.05, 0) is 17.2 Å². The van der Waals surface area contributed by atoms with Crippen LogP contribution >= 0.6 is 11.6 Å². The maximum Gasteiger partial charge on any atom is 0.219 e. The second-order valence-electron chi connectivity index (χ2n) is 3.21. The molecule has 0 aliphatic heterocycles. The van der Waals surface area contributed by atoms with Crippen LogP contribution in [-0.2, 0) is 17.9 Å². The Kier molecular flexibility index (Phi) is 4.59. The molecular weight excluding hydrogens is 214 g/mol. The third-order valence-corrected chi connectivity index (χ3v) is 2.46. The summed E-state index contributed by atoms with van der Waals surface area (Å²) in [5.74, 6) is 0.00972. The van der Waals surface area contributed by atoms with E-state index < -0.39 is 0 Å². The van der Waals surface area contributed by atoms with Crippen molar-refractivity contribution >= 4 is 17.5 Å². The Balaban J connectivity index is 2.66. The zero-order valence-electron chi connectivity index (χ0n) is 8.59. The van der Waals surface area contributed by atoms with Gasteiger partial charge in [0.2, 0.25) is 5.91 Å². The molecule has 0 saturated heterocycles. The van der Waals surface area contributed by atoms with E-state index in [0.29, 0.717) is 23.6 Å². The third-order valence-electron chi connectivity index (χ3n) is 2.09. The molecule has 1 rings (SSSR count). The minimum atomic E-state index is -0.0889. The SMILES string of the molecule is CCC(=O)NCc1ccc(Cl)c(CO)c1. The fraction of sp³-hybridized carbons (Fsp3) is 0.364. The summed E-state index contributed by atoms with van der Waals surface area (Å²) in [7, 11) is 0. The molecule has 0 atom stereocenters. The molecule has 4 heteroatoms. The van der Waals surface area contributed by atoms with Gasteiger partial charge in [0.1, 0.15) is 0 Å². The maximum atomic E-state index is 11.0. The summed E-state index contributed by atoms with van der Waals surface area (Å²) in [4.78, 5) is 11.0. The van der Waals surface area contributed by atoms with Crippen molar-refractivity contribution in [3.63, 3.8) is 0 Å². The summed E-state index contributed by atoms with van der Waals surface area (Å²) >= 11 is 5.84. The molecule has 0 saturated carbocycles. The highest BCUT2D eigenvalue weighted by Crippen LogP contribution is 2.17. The van der Waals surface area contributed by atoms with Gasteiger partial charge in [-0.1, -0.05) is 30.7 Å². The Labute approximate surface area is 94.1 Å². The summed E-state index contributed by atoms with van der Waals surface area (Å²) in [6, 6.07) is 5.34. The Morgan fingerprint density at radius 2 is 2.27 bits per heavy atom. The van der Waals surface area contributed by atoms with Crippen LogP contribution in [0.2, 0.25) is 5.02 Å². The predicted molar refractivity (Wildman–Crippen MR) is 59.5 cm³/mol. The van der Waals surface area contributed by atoms with Crippen molar-refractivity contribution in [1.29, 1.82) is 0 Å². The lowest BCUT2D eigenvalue weighted by Gasteiger charge is -2.06. The molecular formula is C11H14ClNO2. The van der Waals surface area contributed by atoms with E-state index >= 15 is 0 Å². The molecule has 1 amide bonds. The molecule has 15 heavy (non-hydrogen) atoms. The van der Waals surface area contributed by atoms with Crippen LogP contribution in [-0.4, -0.2) is 11.0 Å². The molecule has 1 aromatic rings. The lowest BCUT2D eigenvalue weighted by molar-refractivity contribution is -0.120. The molecule has 2 N–H and O–H groups in total. The number of amides is 1. The van der Waals surface area contributed by atoms with E-state index in [4.69, 9.17) is 16.7 Å². The van der Waals surface area contributed by atoms with Gasteiger partial charge in [-0.3, -0.25) is 4.79 Å². The Bertz CT molecular complexity index is 352. The molecule has 1 aromatic carbocycles. The highest BCUT2D eigenvalue weighted by molar-refractivity contribution is 6.31. The molecule has 0 spiro atoms. The molecule has 0 heterocycles. The maximum absolute atomic E-state index is 11.0. The van der Waals surface area contributed by atoms with E-state index in [9.17, 15) is 4.79 Å². The van der Waals surface area contributed by atoms with Crippen molar-refractivity contribution < 1.29 is 9.90 Å². The molecule has 0 unspecified atom stereocenters. The number of hydrogen-bond donors (Lipinski definition) is 2. The number of hydrogen-bond acceptors (Lipinski definition) is 2. The van der Waals surface area contributed by atoms with Gasteiger partial charge in [-0.2, -0.15) is 0 Å². The minimum Gasteiger partial charge on any atom is -0.392 e. The summed E-state index contributed by atoms with van der Waals surface area (Å²) < 4.78 is 0. The number of nitrogens with one attached hydrogen (secondary N) is 1. The highest BCUT2D eigenvalue weighted by Gasteiger charge is 2.02. The Morgan fingerprint density at radius 3 is 2.87 bits per heavy atom. The van der Waals surface area contributed by atoms with Crippen LogP contribution in [0, 0.1) is 0 Å². The second kappa shape index (κ2) is 5.73. The monoisotopic (exact) mass is 227 g/mol. The van der Waals surface area contributed by atoms with Crippen LogP contribution in [0.4, 0.5) is 0 Å². The van der Waals surface area contributed by atoms with E-state index in [0.717, 1.165) is 5.56 Å². The second-order valence-corrected chi connectivity index (χ2v) is 3.62. The summed E-state index contributed by atoms with van der Waals surface area (Å²) in [6.07, 6.45) is 0.473. The zero-order chi connectivity index (χ0) is 11.3. The van der Waals surface area contributed by atoms with E-state index in [2.05, 4.69) is 5.32 Å². The Hall–Kier alpha value is -1.06. The number of aliphatic hydroxyl groups is 1. The third kappa shape index (κ3) is 3.53. The average molecular weight is 228 g/mol. The van der Waals surface area contributed by atoms with Crippen molar-refractivity contribution in [2.75, 3.05) is 0 Å². The van der Waals surface area contributed by atoms with E-state index in [1.165, 1.54) is 0 Å². The first-order chi connectivity index (χ1) is 7.17. The number of rotatable bonds is 4. The van der Waals surface area contributed by atoms with E-state index in [-0.39, 0.29) is 12.5 Å². The first kappa shape index (κ1) is 12.0. The fourth-order valence-corrected chi connectivity index (χ4v) is 1.36. The number of benzene rings is 1. The molecule has 0 bridgehead atoms. The zero-order valence-corrected chi connectivity index (χ0v) is 9.34. The first-order valence-corrected chi connectivity index (χ1v) is 5.20. The van der Waals surface area contributed by atoms with Crippen molar-refractivity contribution in [1.82, 2.24) is 5.32 Å². The van der Waals surface area contributed by atoms with Crippen LogP contribution in [0.1, 0.15) is 24.5 Å². The molecule has 0 aliphatic rings. The smallest absolute Gasteiger partial charge is 0.219 e. The Morgan fingerprint density at radius 1 is 1.53 bits per heavy atom.